The number of anilines is 1. The first-order chi connectivity index (χ1) is 9.51. The quantitative estimate of drug-likeness (QED) is 0.780. The van der Waals surface area contributed by atoms with Crippen LogP contribution in [0, 0.1) is 13.8 Å². The largest absolute Gasteiger partial charge is 0.467 e. The van der Waals surface area contributed by atoms with Crippen LogP contribution < -0.4 is 5.32 Å². The van der Waals surface area contributed by atoms with Gasteiger partial charge in [-0.2, -0.15) is 5.10 Å². The summed E-state index contributed by atoms with van der Waals surface area (Å²) in [5.74, 6) is -0.00345. The molecule has 9 heteroatoms. The van der Waals surface area contributed by atoms with Gasteiger partial charge in [-0.25, -0.2) is 9.48 Å². The molecule has 0 spiro atoms. The highest BCUT2D eigenvalue weighted by Gasteiger charge is 2.15. The van der Waals surface area contributed by atoms with E-state index in [1.807, 2.05) is 19.9 Å². The van der Waals surface area contributed by atoms with Crippen molar-refractivity contribution < 1.29 is 9.53 Å². The second kappa shape index (κ2) is 5.59. The fourth-order valence-corrected chi connectivity index (χ4v) is 1.63. The van der Waals surface area contributed by atoms with Gasteiger partial charge in [0, 0.05) is 5.69 Å². The molecule has 0 fully saturated rings. The average molecular weight is 277 g/mol. The van der Waals surface area contributed by atoms with Crippen molar-refractivity contribution in [1.29, 1.82) is 0 Å². The minimum Gasteiger partial charge on any atom is -0.467 e. The molecule has 1 N–H and O–H groups in total. The first-order valence-electron chi connectivity index (χ1n) is 5.96. The van der Waals surface area contributed by atoms with Gasteiger partial charge in [-0.05, 0) is 26.8 Å². The van der Waals surface area contributed by atoms with Gasteiger partial charge in [0.15, 0.2) is 0 Å². The predicted molar refractivity (Wildman–Crippen MR) is 69.3 cm³/mol. The van der Waals surface area contributed by atoms with E-state index in [-0.39, 0.29) is 11.9 Å². The van der Waals surface area contributed by atoms with Crippen LogP contribution >= 0.6 is 0 Å². The molecule has 2 rings (SSSR count). The molecule has 2 heterocycles. The van der Waals surface area contributed by atoms with Crippen molar-refractivity contribution >= 4 is 11.9 Å². The lowest BCUT2D eigenvalue weighted by atomic mass is 10.3. The van der Waals surface area contributed by atoms with Crippen LogP contribution in [0.25, 0.3) is 5.95 Å². The normalized spacial score (nSPS) is 12.0. The monoisotopic (exact) mass is 277 g/mol. The van der Waals surface area contributed by atoms with Crippen molar-refractivity contribution in [1.82, 2.24) is 30.2 Å². The zero-order chi connectivity index (χ0) is 14.7. The van der Waals surface area contributed by atoms with Crippen LogP contribution in [-0.2, 0) is 9.53 Å². The maximum Gasteiger partial charge on any atom is 0.328 e. The molecular weight excluding hydrogens is 262 g/mol. The third kappa shape index (κ3) is 2.87. The fourth-order valence-electron chi connectivity index (χ4n) is 1.63. The summed E-state index contributed by atoms with van der Waals surface area (Å²) in [7, 11) is 1.31. The molecule has 20 heavy (non-hydrogen) atoms. The molecule has 0 aliphatic carbocycles. The zero-order valence-electron chi connectivity index (χ0n) is 11.7. The van der Waals surface area contributed by atoms with Crippen LogP contribution in [-0.4, -0.2) is 49.3 Å². The number of methoxy groups -OCH3 is 1. The standard InChI is InChI=1S/C11H15N7O2/c1-6-5-7(2)18(17-6)11-15-13-10(14-16-11)12-8(3)9(19)20-4/h5,8H,1-4H3,(H,12,13,14). The predicted octanol–water partition coefficient (Wildman–Crippen LogP) is 0.0425. The summed E-state index contributed by atoms with van der Waals surface area (Å²) in [6.45, 7) is 5.39. The Bertz CT molecular complexity index is 608. The molecule has 1 atom stereocenters. The van der Waals surface area contributed by atoms with Crippen molar-refractivity contribution in [2.45, 2.75) is 26.8 Å². The van der Waals surface area contributed by atoms with Gasteiger partial charge in [-0.1, -0.05) is 0 Å². The van der Waals surface area contributed by atoms with Gasteiger partial charge >= 0.3 is 5.97 Å². The summed E-state index contributed by atoms with van der Waals surface area (Å²) in [5, 5.41) is 22.5. The Morgan fingerprint density at radius 2 is 1.95 bits per heavy atom. The summed E-state index contributed by atoms with van der Waals surface area (Å²) in [6, 6.07) is 1.32. The van der Waals surface area contributed by atoms with Crippen LogP contribution in [0.5, 0.6) is 0 Å². The molecule has 1 unspecified atom stereocenters. The van der Waals surface area contributed by atoms with Gasteiger partial charge in [0.2, 0.25) is 0 Å². The van der Waals surface area contributed by atoms with Crippen molar-refractivity contribution in [3.8, 4) is 5.95 Å². The highest BCUT2D eigenvalue weighted by atomic mass is 16.5. The van der Waals surface area contributed by atoms with Gasteiger partial charge in [-0.3, -0.25) is 0 Å². The minimum atomic E-state index is -0.580. The summed E-state index contributed by atoms with van der Waals surface area (Å²) >= 11 is 0. The number of rotatable bonds is 4. The van der Waals surface area contributed by atoms with E-state index in [0.717, 1.165) is 11.4 Å². The van der Waals surface area contributed by atoms with E-state index in [1.54, 1.807) is 11.6 Å². The van der Waals surface area contributed by atoms with Gasteiger partial charge in [0.05, 0.1) is 12.8 Å². The summed E-state index contributed by atoms with van der Waals surface area (Å²) in [5.41, 5.74) is 1.74. The average Bonchev–Trinajstić information content (AvgIpc) is 2.77. The Hall–Kier alpha value is -2.58. The number of hydrogen-bond acceptors (Lipinski definition) is 8. The highest BCUT2D eigenvalue weighted by Crippen LogP contribution is 2.06. The SMILES string of the molecule is COC(=O)C(C)Nc1nnc(-n2nc(C)cc2C)nn1. The molecule has 0 saturated heterocycles. The van der Waals surface area contributed by atoms with Gasteiger partial charge < -0.3 is 10.1 Å². The number of carbonyl (C=O) groups is 1. The van der Waals surface area contributed by atoms with Crippen LogP contribution in [0.15, 0.2) is 6.07 Å². The molecule has 0 radical (unpaired) electrons. The molecule has 0 bridgehead atoms. The second-order valence-electron chi connectivity index (χ2n) is 4.25. The number of aromatic nitrogens is 6. The lowest BCUT2D eigenvalue weighted by molar-refractivity contribution is -0.141. The number of nitrogens with one attached hydrogen (secondary N) is 1. The summed E-state index contributed by atoms with van der Waals surface area (Å²) in [4.78, 5) is 11.3. The van der Waals surface area contributed by atoms with Crippen molar-refractivity contribution in [3.05, 3.63) is 17.5 Å². The van der Waals surface area contributed by atoms with Crippen molar-refractivity contribution in [2.75, 3.05) is 12.4 Å². The van der Waals surface area contributed by atoms with Crippen LogP contribution in [0.3, 0.4) is 0 Å². The van der Waals surface area contributed by atoms with Crippen molar-refractivity contribution in [3.63, 3.8) is 0 Å². The molecule has 106 valence electrons. The van der Waals surface area contributed by atoms with Gasteiger partial charge in [0.25, 0.3) is 11.9 Å². The topological polar surface area (TPSA) is 108 Å². The maximum absolute atomic E-state index is 11.3. The number of hydrogen-bond donors (Lipinski definition) is 1. The molecule has 0 aliphatic rings. The highest BCUT2D eigenvalue weighted by molar-refractivity contribution is 5.77. The van der Waals surface area contributed by atoms with E-state index in [2.05, 4.69) is 35.5 Å². The van der Waals surface area contributed by atoms with E-state index in [4.69, 9.17) is 0 Å². The number of nitrogens with zero attached hydrogens (tertiary/aromatic N) is 6. The van der Waals surface area contributed by atoms with Crippen molar-refractivity contribution in [2.24, 2.45) is 0 Å². The molecule has 0 aromatic carbocycles. The van der Waals surface area contributed by atoms with Gasteiger partial charge in [-0.15, -0.1) is 20.4 Å². The number of aryl methyl sites for hydroxylation is 2. The third-order valence-electron chi connectivity index (χ3n) is 2.57. The lowest BCUT2D eigenvalue weighted by Crippen LogP contribution is -2.28. The first kappa shape index (κ1) is 13.8. The molecule has 0 aliphatic heterocycles. The van der Waals surface area contributed by atoms with E-state index in [1.165, 1.54) is 7.11 Å². The maximum atomic E-state index is 11.3. The van der Waals surface area contributed by atoms with E-state index < -0.39 is 12.0 Å². The van der Waals surface area contributed by atoms with Gasteiger partial charge in [0.1, 0.15) is 6.04 Å². The Balaban J connectivity index is 2.14. The van der Waals surface area contributed by atoms with Crippen LogP contribution in [0.2, 0.25) is 0 Å². The molecule has 2 aromatic heterocycles. The van der Waals surface area contributed by atoms with Crippen LogP contribution in [0.4, 0.5) is 5.95 Å². The summed E-state index contributed by atoms with van der Waals surface area (Å²) < 4.78 is 6.13. The molecule has 2 aromatic rings. The Kier molecular flexibility index (Phi) is 3.87. The van der Waals surface area contributed by atoms with E-state index in [9.17, 15) is 4.79 Å². The molecule has 0 saturated carbocycles. The Morgan fingerprint density at radius 1 is 1.30 bits per heavy atom. The number of esters is 1. The van der Waals surface area contributed by atoms with E-state index >= 15 is 0 Å². The van der Waals surface area contributed by atoms with Crippen LogP contribution in [0.1, 0.15) is 18.3 Å². The first-order valence-corrected chi connectivity index (χ1v) is 5.96. The minimum absolute atomic E-state index is 0.146. The third-order valence-corrected chi connectivity index (χ3v) is 2.57. The van der Waals surface area contributed by atoms with E-state index in [0.29, 0.717) is 0 Å². The molecular formula is C11H15N7O2. The lowest BCUT2D eigenvalue weighted by Gasteiger charge is -2.10. The molecule has 0 amide bonds. The Labute approximate surface area is 115 Å². The smallest absolute Gasteiger partial charge is 0.328 e. The Morgan fingerprint density at radius 3 is 2.45 bits per heavy atom. The number of carbonyl (C=O) groups excluding carboxylic acids is 1. The second-order valence-corrected chi connectivity index (χ2v) is 4.25. The zero-order valence-corrected chi connectivity index (χ0v) is 11.7. The fraction of sp³-hybridized carbons (Fsp3) is 0.455. The molecule has 9 nitrogen and oxygen atoms in total. The number of ether oxygens (including phenoxy) is 1. The summed E-state index contributed by atoms with van der Waals surface area (Å²) in [6.07, 6.45) is 0.